The summed E-state index contributed by atoms with van der Waals surface area (Å²) in [5, 5.41) is -0.889. The Bertz CT molecular complexity index is 621. The molecule has 0 saturated carbocycles. The van der Waals surface area contributed by atoms with E-state index < -0.39 is 28.6 Å². The Balaban J connectivity index is 2.55. The lowest BCUT2D eigenvalue weighted by Crippen LogP contribution is -2.03. The molecule has 0 amide bonds. The largest absolute Gasteiger partial charge is 0.207 e. The summed E-state index contributed by atoms with van der Waals surface area (Å²) in [6.45, 7) is 3.30. The summed E-state index contributed by atoms with van der Waals surface area (Å²) in [5.41, 5.74) is 1.76. The first kappa shape index (κ1) is 14.9. The number of rotatable bonds is 2. The second-order valence-corrected chi connectivity index (χ2v) is 5.05. The SMILES string of the molecule is Cc1cc(F)cc(C)c1C(Cl)c1cc(F)c(F)c(F)c1. The highest BCUT2D eigenvalue weighted by atomic mass is 35.5. The van der Waals surface area contributed by atoms with E-state index in [1.54, 1.807) is 13.8 Å². The molecule has 0 fully saturated rings. The van der Waals surface area contributed by atoms with Gasteiger partial charge in [-0.1, -0.05) is 0 Å². The first-order valence-corrected chi connectivity index (χ1v) is 6.30. The van der Waals surface area contributed by atoms with Crippen LogP contribution in [0.5, 0.6) is 0 Å². The lowest BCUT2D eigenvalue weighted by molar-refractivity contribution is 0.445. The average Bonchev–Trinajstić information content (AvgIpc) is 2.33. The maximum atomic E-state index is 13.2. The maximum absolute atomic E-state index is 13.2. The van der Waals surface area contributed by atoms with Gasteiger partial charge in [-0.15, -0.1) is 11.6 Å². The predicted molar refractivity (Wildman–Crippen MR) is 69.9 cm³/mol. The number of benzene rings is 2. The fourth-order valence-corrected chi connectivity index (χ4v) is 2.68. The van der Waals surface area contributed by atoms with Gasteiger partial charge >= 0.3 is 0 Å². The molecular formula is C15H11ClF4. The molecule has 1 unspecified atom stereocenters. The van der Waals surface area contributed by atoms with Crippen molar-refractivity contribution in [2.75, 3.05) is 0 Å². The first-order chi connectivity index (χ1) is 9.31. The van der Waals surface area contributed by atoms with Crippen LogP contribution in [-0.4, -0.2) is 0 Å². The van der Waals surface area contributed by atoms with Crippen LogP contribution in [-0.2, 0) is 0 Å². The molecule has 0 radical (unpaired) electrons. The molecule has 2 rings (SSSR count). The van der Waals surface area contributed by atoms with E-state index in [1.807, 2.05) is 0 Å². The zero-order chi connectivity index (χ0) is 15.0. The standard InChI is InChI=1S/C15H11ClF4/c1-7-3-10(17)4-8(2)13(7)14(16)9-5-11(18)15(20)12(19)6-9/h3-6,14H,1-2H3. The Morgan fingerprint density at radius 2 is 1.30 bits per heavy atom. The van der Waals surface area contributed by atoms with E-state index >= 15 is 0 Å². The van der Waals surface area contributed by atoms with Gasteiger partial charge in [-0.3, -0.25) is 0 Å². The molecule has 2 aromatic carbocycles. The van der Waals surface area contributed by atoms with Crippen molar-refractivity contribution < 1.29 is 17.6 Å². The van der Waals surface area contributed by atoms with E-state index in [0.29, 0.717) is 16.7 Å². The van der Waals surface area contributed by atoms with Gasteiger partial charge in [0.15, 0.2) is 17.5 Å². The summed E-state index contributed by atoms with van der Waals surface area (Å²) in [6, 6.07) is 4.26. The molecule has 1 atom stereocenters. The molecule has 0 N–H and O–H groups in total. The molecule has 5 heteroatoms. The van der Waals surface area contributed by atoms with Crippen molar-refractivity contribution in [2.45, 2.75) is 19.2 Å². The van der Waals surface area contributed by atoms with Gasteiger partial charge in [-0.05, 0) is 60.4 Å². The van der Waals surface area contributed by atoms with Crippen molar-refractivity contribution in [3.63, 3.8) is 0 Å². The molecule has 0 aliphatic carbocycles. The molecule has 106 valence electrons. The molecular weight excluding hydrogens is 292 g/mol. The zero-order valence-corrected chi connectivity index (χ0v) is 11.5. The van der Waals surface area contributed by atoms with Crippen molar-refractivity contribution in [1.82, 2.24) is 0 Å². The molecule has 0 bridgehead atoms. The van der Waals surface area contributed by atoms with Crippen LogP contribution in [0.25, 0.3) is 0 Å². The van der Waals surface area contributed by atoms with Gasteiger partial charge in [-0.2, -0.15) is 0 Å². The van der Waals surface area contributed by atoms with Gasteiger partial charge in [0.2, 0.25) is 0 Å². The Morgan fingerprint density at radius 1 is 0.850 bits per heavy atom. The minimum absolute atomic E-state index is 0.0841. The van der Waals surface area contributed by atoms with Crippen molar-refractivity contribution in [3.8, 4) is 0 Å². The minimum Gasteiger partial charge on any atom is -0.207 e. The number of hydrogen-bond donors (Lipinski definition) is 0. The highest BCUT2D eigenvalue weighted by Crippen LogP contribution is 2.34. The minimum atomic E-state index is -1.54. The molecule has 0 spiro atoms. The average molecular weight is 303 g/mol. The van der Waals surface area contributed by atoms with E-state index in [1.165, 1.54) is 12.1 Å². The summed E-state index contributed by atoms with van der Waals surface area (Å²) >= 11 is 6.21. The van der Waals surface area contributed by atoms with E-state index in [2.05, 4.69) is 0 Å². The molecule has 0 nitrogen and oxygen atoms in total. The van der Waals surface area contributed by atoms with E-state index in [4.69, 9.17) is 11.6 Å². The van der Waals surface area contributed by atoms with Crippen LogP contribution in [0.4, 0.5) is 17.6 Å². The molecule has 0 aliphatic rings. The first-order valence-electron chi connectivity index (χ1n) is 5.86. The highest BCUT2D eigenvalue weighted by Gasteiger charge is 2.20. The molecule has 0 heterocycles. The zero-order valence-electron chi connectivity index (χ0n) is 10.8. The quantitative estimate of drug-likeness (QED) is 0.407. The van der Waals surface area contributed by atoms with Crippen LogP contribution in [0, 0.1) is 37.1 Å². The summed E-state index contributed by atoms with van der Waals surface area (Å²) < 4.78 is 52.7. The summed E-state index contributed by atoms with van der Waals surface area (Å²) in [6.07, 6.45) is 0. The van der Waals surface area contributed by atoms with Crippen molar-refractivity contribution in [1.29, 1.82) is 0 Å². The third-order valence-corrected chi connectivity index (χ3v) is 3.58. The van der Waals surface area contributed by atoms with Crippen LogP contribution in [0.15, 0.2) is 24.3 Å². The third kappa shape index (κ3) is 2.66. The Hall–Kier alpha value is -1.55. The molecule has 0 aliphatic heterocycles. The maximum Gasteiger partial charge on any atom is 0.194 e. The normalized spacial score (nSPS) is 12.6. The number of halogens is 5. The van der Waals surface area contributed by atoms with Crippen LogP contribution in [0.1, 0.15) is 27.6 Å². The smallest absolute Gasteiger partial charge is 0.194 e. The fraction of sp³-hybridized carbons (Fsp3) is 0.200. The monoisotopic (exact) mass is 302 g/mol. The van der Waals surface area contributed by atoms with Crippen LogP contribution in [0.2, 0.25) is 0 Å². The Morgan fingerprint density at radius 3 is 1.75 bits per heavy atom. The predicted octanol–water partition coefficient (Wildman–Crippen LogP) is 5.19. The van der Waals surface area contributed by atoms with Crippen molar-refractivity contribution in [3.05, 3.63) is 69.8 Å². The van der Waals surface area contributed by atoms with Crippen LogP contribution < -0.4 is 0 Å². The number of hydrogen-bond acceptors (Lipinski definition) is 0. The topological polar surface area (TPSA) is 0 Å². The molecule has 20 heavy (non-hydrogen) atoms. The Kier molecular flexibility index (Phi) is 4.04. The summed E-state index contributed by atoms with van der Waals surface area (Å²) in [5.74, 6) is -4.56. The molecule has 0 aromatic heterocycles. The van der Waals surface area contributed by atoms with Gasteiger partial charge in [0.1, 0.15) is 5.82 Å². The van der Waals surface area contributed by atoms with Crippen molar-refractivity contribution >= 4 is 11.6 Å². The lowest BCUT2D eigenvalue weighted by Gasteiger charge is -2.17. The summed E-state index contributed by atoms with van der Waals surface area (Å²) in [7, 11) is 0. The van der Waals surface area contributed by atoms with E-state index in [9.17, 15) is 17.6 Å². The summed E-state index contributed by atoms with van der Waals surface area (Å²) in [4.78, 5) is 0. The van der Waals surface area contributed by atoms with Gasteiger partial charge in [0.05, 0.1) is 5.38 Å². The third-order valence-electron chi connectivity index (χ3n) is 3.11. The van der Waals surface area contributed by atoms with E-state index in [0.717, 1.165) is 12.1 Å². The van der Waals surface area contributed by atoms with Gasteiger partial charge < -0.3 is 0 Å². The highest BCUT2D eigenvalue weighted by molar-refractivity contribution is 6.22. The van der Waals surface area contributed by atoms with Gasteiger partial charge in [-0.25, -0.2) is 17.6 Å². The number of aryl methyl sites for hydroxylation is 2. The fourth-order valence-electron chi connectivity index (χ4n) is 2.21. The second-order valence-electron chi connectivity index (χ2n) is 4.61. The van der Waals surface area contributed by atoms with Crippen molar-refractivity contribution in [2.24, 2.45) is 0 Å². The van der Waals surface area contributed by atoms with Crippen LogP contribution in [0.3, 0.4) is 0 Å². The van der Waals surface area contributed by atoms with Gasteiger partial charge in [0.25, 0.3) is 0 Å². The molecule has 0 saturated heterocycles. The number of alkyl halides is 1. The second kappa shape index (κ2) is 5.44. The van der Waals surface area contributed by atoms with E-state index in [-0.39, 0.29) is 5.56 Å². The van der Waals surface area contributed by atoms with Gasteiger partial charge in [0, 0.05) is 0 Å². The van der Waals surface area contributed by atoms with Crippen LogP contribution >= 0.6 is 11.6 Å². The molecule has 2 aromatic rings. The Labute approximate surface area is 119 Å². The lowest BCUT2D eigenvalue weighted by atomic mass is 9.95.